The molecule has 2 aromatic rings. The van der Waals surface area contributed by atoms with Gasteiger partial charge in [0.15, 0.2) is 0 Å². The highest BCUT2D eigenvalue weighted by Gasteiger charge is 2.30. The highest BCUT2D eigenvalue weighted by molar-refractivity contribution is 7.92. The van der Waals surface area contributed by atoms with Crippen LogP contribution in [0.1, 0.15) is 44.7 Å². The molecule has 0 aromatic heterocycles. The van der Waals surface area contributed by atoms with Crippen molar-refractivity contribution in [1.29, 1.82) is 0 Å². The second kappa shape index (κ2) is 12.8. The summed E-state index contributed by atoms with van der Waals surface area (Å²) in [6.45, 7) is 5.75. The van der Waals surface area contributed by atoms with Gasteiger partial charge in [-0.15, -0.1) is 0 Å². The molecule has 0 radical (unpaired) electrons. The van der Waals surface area contributed by atoms with E-state index in [0.29, 0.717) is 29.2 Å². The fourth-order valence-corrected chi connectivity index (χ4v) is 4.65. The van der Waals surface area contributed by atoms with Crippen molar-refractivity contribution in [2.24, 2.45) is 0 Å². The molecule has 0 unspecified atom stereocenters. The summed E-state index contributed by atoms with van der Waals surface area (Å²) in [6.07, 6.45) is 3.44. The van der Waals surface area contributed by atoms with Crippen molar-refractivity contribution >= 4 is 39.1 Å². The number of benzene rings is 2. The molecule has 34 heavy (non-hydrogen) atoms. The minimum atomic E-state index is -3.76. The lowest BCUT2D eigenvalue weighted by atomic mass is 10.1. The summed E-state index contributed by atoms with van der Waals surface area (Å²) in [6, 6.07) is 13.4. The van der Waals surface area contributed by atoms with Crippen LogP contribution in [0.4, 0.5) is 5.69 Å². The summed E-state index contributed by atoms with van der Waals surface area (Å²) in [7, 11) is -3.76. The number of hydrogen-bond donors (Lipinski definition) is 1. The quantitative estimate of drug-likeness (QED) is 0.440. The standard InChI is InChI=1S/C25H34ClN3O4S/c1-5-7-16-27-25(31)19(3)28(17-21-13-8-10-14-22(21)26)24(30)18-29(34(4,32)33)23-15-11-9-12-20(23)6-2/h8-15,19H,5-7,16-18H2,1-4H3,(H,27,31)/t19-/m0/s1. The van der Waals surface area contributed by atoms with E-state index in [4.69, 9.17) is 11.6 Å². The summed E-state index contributed by atoms with van der Waals surface area (Å²) in [5, 5.41) is 3.32. The number of carbonyl (C=O) groups excluding carboxylic acids is 2. The number of carbonyl (C=O) groups is 2. The predicted octanol–water partition coefficient (Wildman–Crippen LogP) is 4.00. The summed E-state index contributed by atoms with van der Waals surface area (Å²) in [4.78, 5) is 27.8. The van der Waals surface area contributed by atoms with Gasteiger partial charge in [0.05, 0.1) is 11.9 Å². The van der Waals surface area contributed by atoms with E-state index in [9.17, 15) is 18.0 Å². The first-order valence-corrected chi connectivity index (χ1v) is 13.7. The van der Waals surface area contributed by atoms with Crippen LogP contribution in [0.2, 0.25) is 5.02 Å². The highest BCUT2D eigenvalue weighted by atomic mass is 35.5. The van der Waals surface area contributed by atoms with Gasteiger partial charge in [0, 0.05) is 18.1 Å². The van der Waals surface area contributed by atoms with E-state index in [1.807, 2.05) is 26.0 Å². The molecule has 0 aliphatic heterocycles. The Morgan fingerprint density at radius 1 is 1.03 bits per heavy atom. The van der Waals surface area contributed by atoms with Crippen molar-refractivity contribution in [2.45, 2.75) is 52.6 Å². The molecule has 9 heteroatoms. The van der Waals surface area contributed by atoms with E-state index in [1.165, 1.54) is 4.90 Å². The summed E-state index contributed by atoms with van der Waals surface area (Å²) < 4.78 is 26.5. The number of para-hydroxylation sites is 1. The van der Waals surface area contributed by atoms with E-state index in [0.717, 1.165) is 29.0 Å². The smallest absolute Gasteiger partial charge is 0.244 e. The van der Waals surface area contributed by atoms with Crippen molar-refractivity contribution in [3.05, 3.63) is 64.7 Å². The second-order valence-electron chi connectivity index (χ2n) is 8.19. The Kier molecular flexibility index (Phi) is 10.4. The topological polar surface area (TPSA) is 86.8 Å². The zero-order chi connectivity index (χ0) is 25.3. The fraction of sp³-hybridized carbons (Fsp3) is 0.440. The average Bonchev–Trinajstić information content (AvgIpc) is 2.80. The molecule has 0 bridgehead atoms. The molecular formula is C25H34ClN3O4S. The Balaban J connectivity index is 2.40. The number of rotatable bonds is 12. The number of aryl methyl sites for hydroxylation is 1. The minimum absolute atomic E-state index is 0.0773. The largest absolute Gasteiger partial charge is 0.354 e. The Morgan fingerprint density at radius 2 is 1.65 bits per heavy atom. The highest BCUT2D eigenvalue weighted by Crippen LogP contribution is 2.25. The van der Waals surface area contributed by atoms with Gasteiger partial charge in [-0.2, -0.15) is 0 Å². The van der Waals surface area contributed by atoms with Crippen LogP contribution in [0.15, 0.2) is 48.5 Å². The van der Waals surface area contributed by atoms with Crippen molar-refractivity contribution in [1.82, 2.24) is 10.2 Å². The van der Waals surface area contributed by atoms with Crippen LogP contribution in [0.5, 0.6) is 0 Å². The van der Waals surface area contributed by atoms with Gasteiger partial charge in [-0.25, -0.2) is 8.42 Å². The number of nitrogens with one attached hydrogen (secondary N) is 1. The van der Waals surface area contributed by atoms with Gasteiger partial charge >= 0.3 is 0 Å². The van der Waals surface area contributed by atoms with Crippen LogP contribution in [0.3, 0.4) is 0 Å². The van der Waals surface area contributed by atoms with Crippen LogP contribution in [-0.4, -0.2) is 50.5 Å². The van der Waals surface area contributed by atoms with Crippen molar-refractivity contribution < 1.29 is 18.0 Å². The van der Waals surface area contributed by atoms with Crippen LogP contribution in [-0.2, 0) is 32.6 Å². The monoisotopic (exact) mass is 507 g/mol. The Bertz CT molecular complexity index is 1090. The van der Waals surface area contributed by atoms with Crippen LogP contribution >= 0.6 is 11.6 Å². The molecule has 0 heterocycles. The van der Waals surface area contributed by atoms with Crippen LogP contribution < -0.4 is 9.62 Å². The number of nitrogens with zero attached hydrogens (tertiary/aromatic N) is 2. The van der Waals surface area contributed by atoms with Gasteiger partial charge in [0.25, 0.3) is 0 Å². The molecular weight excluding hydrogens is 474 g/mol. The first-order valence-electron chi connectivity index (χ1n) is 11.5. The van der Waals surface area contributed by atoms with Gasteiger partial charge in [0.2, 0.25) is 21.8 Å². The molecule has 1 atom stereocenters. The molecule has 186 valence electrons. The zero-order valence-corrected chi connectivity index (χ0v) is 21.8. The molecule has 2 aromatic carbocycles. The number of halogens is 1. The number of hydrogen-bond acceptors (Lipinski definition) is 4. The van der Waals surface area contributed by atoms with E-state index in [-0.39, 0.29) is 12.5 Å². The molecule has 0 saturated heterocycles. The zero-order valence-electron chi connectivity index (χ0n) is 20.3. The lowest BCUT2D eigenvalue weighted by molar-refractivity contribution is -0.139. The number of sulfonamides is 1. The Labute approximate surface area is 208 Å². The Morgan fingerprint density at radius 3 is 2.24 bits per heavy atom. The average molecular weight is 508 g/mol. The summed E-state index contributed by atoms with van der Waals surface area (Å²) in [5.41, 5.74) is 1.94. The molecule has 0 aliphatic rings. The molecule has 2 rings (SSSR count). The molecule has 0 aliphatic carbocycles. The molecule has 2 amide bonds. The molecule has 0 fully saturated rings. The lowest BCUT2D eigenvalue weighted by Crippen LogP contribution is -2.51. The summed E-state index contributed by atoms with van der Waals surface area (Å²) >= 11 is 6.33. The van der Waals surface area contributed by atoms with E-state index < -0.39 is 28.5 Å². The van der Waals surface area contributed by atoms with Crippen molar-refractivity contribution in [3.8, 4) is 0 Å². The first-order chi connectivity index (χ1) is 16.1. The number of anilines is 1. The van der Waals surface area contributed by atoms with Crippen LogP contribution in [0, 0.1) is 0 Å². The Hall–Kier alpha value is -2.58. The van der Waals surface area contributed by atoms with E-state index >= 15 is 0 Å². The van der Waals surface area contributed by atoms with Gasteiger partial charge in [-0.3, -0.25) is 13.9 Å². The number of unbranched alkanes of at least 4 members (excludes halogenated alkanes) is 1. The third-order valence-corrected chi connectivity index (χ3v) is 7.11. The fourth-order valence-electron chi connectivity index (χ4n) is 3.58. The SMILES string of the molecule is CCCCNC(=O)[C@H](C)N(Cc1ccccc1Cl)C(=O)CN(c1ccccc1CC)S(C)(=O)=O. The van der Waals surface area contributed by atoms with E-state index in [2.05, 4.69) is 5.32 Å². The third-order valence-electron chi connectivity index (χ3n) is 5.62. The maximum Gasteiger partial charge on any atom is 0.244 e. The van der Waals surface area contributed by atoms with E-state index in [1.54, 1.807) is 43.3 Å². The first kappa shape index (κ1) is 27.7. The summed E-state index contributed by atoms with van der Waals surface area (Å²) in [5.74, 6) is -0.789. The maximum atomic E-state index is 13.6. The maximum absolute atomic E-state index is 13.6. The van der Waals surface area contributed by atoms with Gasteiger partial charge in [0.1, 0.15) is 12.6 Å². The number of amides is 2. The lowest BCUT2D eigenvalue weighted by Gasteiger charge is -2.32. The normalized spacial score (nSPS) is 12.1. The molecule has 7 nitrogen and oxygen atoms in total. The van der Waals surface area contributed by atoms with Gasteiger partial charge in [-0.1, -0.05) is 68.3 Å². The second-order valence-corrected chi connectivity index (χ2v) is 10.5. The third kappa shape index (κ3) is 7.46. The molecule has 0 spiro atoms. The van der Waals surface area contributed by atoms with Gasteiger partial charge in [-0.05, 0) is 43.0 Å². The molecule has 1 N–H and O–H groups in total. The van der Waals surface area contributed by atoms with Gasteiger partial charge < -0.3 is 10.2 Å². The predicted molar refractivity (Wildman–Crippen MR) is 137 cm³/mol. The van der Waals surface area contributed by atoms with Crippen molar-refractivity contribution in [3.63, 3.8) is 0 Å². The minimum Gasteiger partial charge on any atom is -0.354 e. The van der Waals surface area contributed by atoms with Crippen molar-refractivity contribution in [2.75, 3.05) is 23.7 Å². The molecule has 0 saturated carbocycles. The van der Waals surface area contributed by atoms with Crippen LogP contribution in [0.25, 0.3) is 0 Å².